The summed E-state index contributed by atoms with van der Waals surface area (Å²) in [5, 5.41) is 9.62. The minimum absolute atomic E-state index is 0.232. The van der Waals surface area contributed by atoms with Crippen molar-refractivity contribution in [3.05, 3.63) is 18.3 Å². The van der Waals surface area contributed by atoms with E-state index in [4.69, 9.17) is 5.73 Å². The number of piperidine rings is 1. The molecule has 1 aliphatic rings. The Kier molecular flexibility index (Phi) is 3.29. The van der Waals surface area contributed by atoms with Gasteiger partial charge >= 0.3 is 0 Å². The summed E-state index contributed by atoms with van der Waals surface area (Å²) in [5.74, 6) is 0.916. The van der Waals surface area contributed by atoms with E-state index in [1.54, 1.807) is 6.20 Å². The van der Waals surface area contributed by atoms with Crippen molar-refractivity contribution >= 4 is 11.5 Å². The Labute approximate surface area is 96.1 Å². The first-order chi connectivity index (χ1) is 7.66. The molecule has 2 heterocycles. The Morgan fingerprint density at radius 2 is 2.38 bits per heavy atom. The fourth-order valence-electron chi connectivity index (χ4n) is 2.22. The summed E-state index contributed by atoms with van der Waals surface area (Å²) in [6.07, 6.45) is 3.81. The number of aliphatic hydroxyl groups is 1. The zero-order chi connectivity index (χ0) is 11.5. The second-order valence-electron chi connectivity index (χ2n) is 4.53. The van der Waals surface area contributed by atoms with E-state index in [1.165, 1.54) is 0 Å². The Hall–Kier alpha value is -1.29. The van der Waals surface area contributed by atoms with E-state index in [1.807, 2.05) is 19.1 Å². The van der Waals surface area contributed by atoms with Crippen LogP contribution in [0.15, 0.2) is 18.3 Å². The number of nitrogen functional groups attached to an aromatic ring is 1. The van der Waals surface area contributed by atoms with E-state index in [2.05, 4.69) is 9.88 Å². The molecule has 0 bridgehead atoms. The quantitative estimate of drug-likeness (QED) is 0.789. The van der Waals surface area contributed by atoms with Gasteiger partial charge < -0.3 is 15.7 Å². The highest BCUT2D eigenvalue weighted by atomic mass is 16.3. The molecule has 0 aliphatic carbocycles. The number of aliphatic hydroxyl groups excluding tert-OH is 1. The predicted octanol–water partition coefficient (Wildman–Crippen LogP) is 1.26. The van der Waals surface area contributed by atoms with Crippen LogP contribution in [-0.4, -0.2) is 29.3 Å². The van der Waals surface area contributed by atoms with Gasteiger partial charge in [0.2, 0.25) is 0 Å². The third-order valence-corrected chi connectivity index (χ3v) is 3.28. The molecule has 1 aromatic rings. The molecule has 16 heavy (non-hydrogen) atoms. The monoisotopic (exact) mass is 221 g/mol. The van der Waals surface area contributed by atoms with Crippen LogP contribution >= 0.6 is 0 Å². The summed E-state index contributed by atoms with van der Waals surface area (Å²) in [6.45, 7) is 3.81. The smallest absolute Gasteiger partial charge is 0.123 e. The van der Waals surface area contributed by atoms with Crippen molar-refractivity contribution < 1.29 is 5.11 Å². The molecular formula is C12H19N3O. The van der Waals surface area contributed by atoms with Crippen molar-refractivity contribution in [3.8, 4) is 0 Å². The van der Waals surface area contributed by atoms with Gasteiger partial charge in [-0.2, -0.15) is 0 Å². The van der Waals surface area contributed by atoms with Gasteiger partial charge in [-0.1, -0.05) is 0 Å². The average Bonchev–Trinajstić information content (AvgIpc) is 2.30. The van der Waals surface area contributed by atoms with Crippen molar-refractivity contribution in [2.75, 3.05) is 23.7 Å². The van der Waals surface area contributed by atoms with Crippen LogP contribution in [0.4, 0.5) is 11.5 Å². The summed E-state index contributed by atoms with van der Waals surface area (Å²) >= 11 is 0. The Bertz CT molecular complexity index is 337. The highest BCUT2D eigenvalue weighted by Gasteiger charge is 2.23. The summed E-state index contributed by atoms with van der Waals surface area (Å²) in [7, 11) is 0. The molecular weight excluding hydrogens is 202 g/mol. The third-order valence-electron chi connectivity index (χ3n) is 3.28. The van der Waals surface area contributed by atoms with Crippen molar-refractivity contribution in [2.24, 2.45) is 5.92 Å². The summed E-state index contributed by atoms with van der Waals surface area (Å²) in [6, 6.07) is 3.81. The maximum Gasteiger partial charge on any atom is 0.123 e. The van der Waals surface area contributed by atoms with Crippen LogP contribution in [0.2, 0.25) is 0 Å². The fraction of sp³-hybridized carbons (Fsp3) is 0.583. The molecule has 2 rings (SSSR count). The van der Waals surface area contributed by atoms with E-state index >= 15 is 0 Å². The van der Waals surface area contributed by atoms with Crippen LogP contribution in [0.1, 0.15) is 19.8 Å². The lowest BCUT2D eigenvalue weighted by atomic mass is 9.93. The zero-order valence-corrected chi connectivity index (χ0v) is 9.63. The van der Waals surface area contributed by atoms with Gasteiger partial charge in [-0.3, -0.25) is 0 Å². The molecule has 3 N–H and O–H groups in total. The van der Waals surface area contributed by atoms with Crippen LogP contribution in [0.25, 0.3) is 0 Å². The molecule has 4 heteroatoms. The van der Waals surface area contributed by atoms with Crippen molar-refractivity contribution in [1.82, 2.24) is 4.98 Å². The topological polar surface area (TPSA) is 62.4 Å². The van der Waals surface area contributed by atoms with Gasteiger partial charge in [-0.15, -0.1) is 0 Å². The van der Waals surface area contributed by atoms with E-state index < -0.39 is 0 Å². The zero-order valence-electron chi connectivity index (χ0n) is 9.63. The van der Waals surface area contributed by atoms with Gasteiger partial charge in [0, 0.05) is 19.0 Å². The lowest BCUT2D eigenvalue weighted by Gasteiger charge is -2.35. The number of hydrogen-bond acceptors (Lipinski definition) is 4. The third kappa shape index (κ3) is 2.44. The Morgan fingerprint density at radius 3 is 3.00 bits per heavy atom. The standard InChI is InChI=1S/C12H19N3O/c1-9(16)10-3-2-6-15(8-10)11-4-5-12(13)14-7-11/h4-5,7,9-10,16H,2-3,6,8H2,1H3,(H2,13,14). The molecule has 1 fully saturated rings. The maximum atomic E-state index is 9.62. The SMILES string of the molecule is CC(O)C1CCCN(c2ccc(N)nc2)C1. The van der Waals surface area contributed by atoms with Gasteiger partial charge in [-0.05, 0) is 31.9 Å². The first-order valence-electron chi connectivity index (χ1n) is 5.81. The maximum absolute atomic E-state index is 9.62. The molecule has 0 saturated carbocycles. The largest absolute Gasteiger partial charge is 0.393 e. The van der Waals surface area contributed by atoms with Crippen LogP contribution in [0, 0.1) is 5.92 Å². The number of aromatic nitrogens is 1. The average molecular weight is 221 g/mol. The Balaban J connectivity index is 2.06. The summed E-state index contributed by atoms with van der Waals surface area (Å²) < 4.78 is 0. The van der Waals surface area contributed by atoms with Crippen LogP contribution in [0.5, 0.6) is 0 Å². The molecule has 2 unspecified atom stereocenters. The molecule has 1 aliphatic heterocycles. The number of nitrogens with zero attached hydrogens (tertiary/aromatic N) is 2. The summed E-state index contributed by atoms with van der Waals surface area (Å²) in [4.78, 5) is 6.37. The molecule has 0 radical (unpaired) electrons. The van der Waals surface area contributed by atoms with Crippen LogP contribution < -0.4 is 10.6 Å². The predicted molar refractivity (Wildman–Crippen MR) is 65.3 cm³/mol. The second kappa shape index (κ2) is 4.70. The molecule has 0 aromatic carbocycles. The van der Waals surface area contributed by atoms with Crippen molar-refractivity contribution in [2.45, 2.75) is 25.9 Å². The summed E-state index contributed by atoms with van der Waals surface area (Å²) in [5.41, 5.74) is 6.66. The first-order valence-corrected chi connectivity index (χ1v) is 5.81. The highest BCUT2D eigenvalue weighted by molar-refractivity contribution is 5.48. The highest BCUT2D eigenvalue weighted by Crippen LogP contribution is 2.24. The number of hydrogen-bond donors (Lipinski definition) is 2. The molecule has 1 aromatic heterocycles. The minimum atomic E-state index is -0.232. The van der Waals surface area contributed by atoms with Gasteiger partial charge in [0.1, 0.15) is 5.82 Å². The van der Waals surface area contributed by atoms with Gasteiger partial charge in [-0.25, -0.2) is 4.98 Å². The van der Waals surface area contributed by atoms with E-state index in [0.717, 1.165) is 31.6 Å². The van der Waals surface area contributed by atoms with Gasteiger partial charge in [0.05, 0.1) is 18.0 Å². The minimum Gasteiger partial charge on any atom is -0.393 e. The normalized spacial score (nSPS) is 23.1. The molecule has 0 spiro atoms. The molecule has 4 nitrogen and oxygen atoms in total. The van der Waals surface area contributed by atoms with Gasteiger partial charge in [0.25, 0.3) is 0 Å². The molecule has 2 atom stereocenters. The number of rotatable bonds is 2. The first kappa shape index (κ1) is 11.2. The second-order valence-corrected chi connectivity index (χ2v) is 4.53. The van der Waals surface area contributed by atoms with Crippen molar-refractivity contribution in [1.29, 1.82) is 0 Å². The number of anilines is 2. The van der Waals surface area contributed by atoms with E-state index in [9.17, 15) is 5.11 Å². The van der Waals surface area contributed by atoms with Crippen LogP contribution in [0.3, 0.4) is 0 Å². The van der Waals surface area contributed by atoms with Crippen molar-refractivity contribution in [3.63, 3.8) is 0 Å². The van der Waals surface area contributed by atoms with Gasteiger partial charge in [0.15, 0.2) is 0 Å². The number of nitrogens with two attached hydrogens (primary N) is 1. The molecule has 0 amide bonds. The lowest BCUT2D eigenvalue weighted by Crippen LogP contribution is -2.39. The fourth-order valence-corrected chi connectivity index (χ4v) is 2.22. The lowest BCUT2D eigenvalue weighted by molar-refractivity contribution is 0.115. The molecule has 88 valence electrons. The number of pyridine rings is 1. The Morgan fingerprint density at radius 1 is 1.56 bits per heavy atom. The van der Waals surface area contributed by atoms with Crippen LogP contribution in [-0.2, 0) is 0 Å². The molecule has 1 saturated heterocycles. The van der Waals surface area contributed by atoms with E-state index in [-0.39, 0.29) is 6.10 Å². The van der Waals surface area contributed by atoms with E-state index in [0.29, 0.717) is 11.7 Å².